The number of hydrogen-bond donors (Lipinski definition) is 1. The number of benzene rings is 1. The van der Waals surface area contributed by atoms with E-state index in [0.29, 0.717) is 6.54 Å². The minimum atomic E-state index is -0.268. The highest BCUT2D eigenvalue weighted by Gasteiger charge is 2.50. The Kier molecular flexibility index (Phi) is 4.10. The van der Waals surface area contributed by atoms with Crippen LogP contribution in [0.5, 0.6) is 5.75 Å². The Morgan fingerprint density at radius 1 is 1.37 bits per heavy atom. The zero-order chi connectivity index (χ0) is 13.9. The lowest BCUT2D eigenvalue weighted by atomic mass is 10.1. The molecule has 4 heteroatoms. The largest absolute Gasteiger partial charge is 0.496 e. The predicted octanol–water partition coefficient (Wildman–Crippen LogP) is 2.05. The summed E-state index contributed by atoms with van der Waals surface area (Å²) in [4.78, 5) is 11.6. The molecule has 4 nitrogen and oxygen atoms in total. The molecular weight excluding hydrogens is 242 g/mol. The second kappa shape index (κ2) is 5.61. The van der Waals surface area contributed by atoms with E-state index in [-0.39, 0.29) is 11.4 Å². The first kappa shape index (κ1) is 13.9. The van der Waals surface area contributed by atoms with Gasteiger partial charge in [0.1, 0.15) is 5.75 Å². The average Bonchev–Trinajstić information content (AvgIpc) is 3.19. The molecule has 0 aromatic heterocycles. The van der Waals surface area contributed by atoms with Crippen LogP contribution in [0.25, 0.3) is 0 Å². The number of nitrogens with one attached hydrogen (secondary N) is 1. The average molecular weight is 263 g/mol. The quantitative estimate of drug-likeness (QED) is 0.798. The van der Waals surface area contributed by atoms with E-state index < -0.39 is 0 Å². The summed E-state index contributed by atoms with van der Waals surface area (Å²) in [7, 11) is 3.13. The number of esters is 1. The molecule has 1 fully saturated rings. The van der Waals surface area contributed by atoms with Gasteiger partial charge in [0.15, 0.2) is 0 Å². The molecule has 0 spiro atoms. The van der Waals surface area contributed by atoms with Gasteiger partial charge in [0.25, 0.3) is 0 Å². The highest BCUT2D eigenvalue weighted by Crippen LogP contribution is 2.46. The van der Waals surface area contributed by atoms with E-state index in [4.69, 9.17) is 9.47 Å². The second-order valence-corrected chi connectivity index (χ2v) is 5.18. The molecule has 0 aliphatic heterocycles. The van der Waals surface area contributed by atoms with Crippen LogP contribution in [-0.2, 0) is 16.1 Å². The van der Waals surface area contributed by atoms with Gasteiger partial charge in [0.05, 0.1) is 19.6 Å². The number of carbonyl (C=O) groups is 1. The molecule has 0 amide bonds. The fraction of sp³-hybridized carbons (Fsp3) is 0.533. The summed E-state index contributed by atoms with van der Waals surface area (Å²) < 4.78 is 10.1. The molecule has 0 saturated heterocycles. The van der Waals surface area contributed by atoms with Crippen molar-refractivity contribution in [2.75, 3.05) is 20.8 Å². The maximum atomic E-state index is 11.6. The molecule has 19 heavy (non-hydrogen) atoms. The molecule has 104 valence electrons. The lowest BCUT2D eigenvalue weighted by Crippen LogP contribution is -2.30. The third kappa shape index (κ3) is 3.07. The van der Waals surface area contributed by atoms with Crippen LogP contribution < -0.4 is 10.1 Å². The molecule has 2 rings (SSSR count). The number of rotatable bonds is 6. The number of carbonyl (C=O) groups excluding carboxylic acids is 1. The lowest BCUT2D eigenvalue weighted by molar-refractivity contribution is -0.146. The molecule has 1 aliphatic carbocycles. The summed E-state index contributed by atoms with van der Waals surface area (Å²) in [5.74, 6) is 0.808. The van der Waals surface area contributed by atoms with Crippen LogP contribution in [0, 0.1) is 12.3 Å². The lowest BCUT2D eigenvalue weighted by Gasteiger charge is -2.14. The predicted molar refractivity (Wildman–Crippen MR) is 73.1 cm³/mol. The van der Waals surface area contributed by atoms with Crippen molar-refractivity contribution in [2.24, 2.45) is 5.41 Å². The van der Waals surface area contributed by atoms with Gasteiger partial charge in [0.2, 0.25) is 0 Å². The number of hydrogen-bond acceptors (Lipinski definition) is 4. The van der Waals surface area contributed by atoms with Crippen LogP contribution in [0.1, 0.15) is 24.0 Å². The Bertz CT molecular complexity index is 466. The van der Waals surface area contributed by atoms with Gasteiger partial charge >= 0.3 is 5.97 Å². The minimum absolute atomic E-state index is 0.0917. The number of methoxy groups -OCH3 is 2. The fourth-order valence-corrected chi connectivity index (χ4v) is 2.32. The van der Waals surface area contributed by atoms with Gasteiger partial charge in [-0.15, -0.1) is 0 Å². The highest BCUT2D eigenvalue weighted by molar-refractivity contribution is 5.80. The van der Waals surface area contributed by atoms with Crippen molar-refractivity contribution >= 4 is 5.97 Å². The van der Waals surface area contributed by atoms with Gasteiger partial charge in [-0.25, -0.2) is 0 Å². The van der Waals surface area contributed by atoms with E-state index in [2.05, 4.69) is 11.4 Å². The van der Waals surface area contributed by atoms with Crippen LogP contribution in [0.15, 0.2) is 18.2 Å². The SMILES string of the molecule is COC(=O)C1(CNCc2ccc(OC)c(C)c2)CC1. The smallest absolute Gasteiger partial charge is 0.313 e. The second-order valence-electron chi connectivity index (χ2n) is 5.18. The standard InChI is InChI=1S/C15H21NO3/c1-11-8-12(4-5-13(11)18-2)9-16-10-15(6-7-15)14(17)19-3/h4-5,8,16H,6-7,9-10H2,1-3H3. The van der Waals surface area contributed by atoms with E-state index >= 15 is 0 Å². The normalized spacial score (nSPS) is 15.9. The molecule has 1 N–H and O–H groups in total. The van der Waals surface area contributed by atoms with E-state index in [0.717, 1.165) is 30.7 Å². The maximum absolute atomic E-state index is 11.6. The maximum Gasteiger partial charge on any atom is 0.313 e. The van der Waals surface area contributed by atoms with Crippen LogP contribution in [0.4, 0.5) is 0 Å². The Morgan fingerprint density at radius 2 is 2.11 bits per heavy atom. The Balaban J connectivity index is 1.86. The Morgan fingerprint density at radius 3 is 2.63 bits per heavy atom. The van der Waals surface area contributed by atoms with Gasteiger partial charge in [-0.2, -0.15) is 0 Å². The van der Waals surface area contributed by atoms with E-state index in [9.17, 15) is 4.79 Å². The zero-order valence-corrected chi connectivity index (χ0v) is 11.8. The third-order valence-corrected chi connectivity index (χ3v) is 3.72. The first-order valence-corrected chi connectivity index (χ1v) is 6.54. The van der Waals surface area contributed by atoms with Crippen molar-refractivity contribution in [1.29, 1.82) is 0 Å². The van der Waals surface area contributed by atoms with E-state index in [1.165, 1.54) is 12.7 Å². The molecule has 0 radical (unpaired) electrons. The number of aryl methyl sites for hydroxylation is 1. The summed E-state index contributed by atoms with van der Waals surface area (Å²) in [5.41, 5.74) is 2.05. The molecule has 1 aliphatic rings. The van der Waals surface area contributed by atoms with Gasteiger partial charge in [-0.05, 0) is 37.0 Å². The number of ether oxygens (including phenoxy) is 2. The first-order chi connectivity index (χ1) is 9.11. The molecule has 1 saturated carbocycles. The fourth-order valence-electron chi connectivity index (χ4n) is 2.32. The van der Waals surface area contributed by atoms with E-state index in [1.807, 2.05) is 19.1 Å². The van der Waals surface area contributed by atoms with Crippen molar-refractivity contribution in [3.8, 4) is 5.75 Å². The first-order valence-electron chi connectivity index (χ1n) is 6.54. The van der Waals surface area contributed by atoms with Crippen LogP contribution in [0.3, 0.4) is 0 Å². The molecule has 0 unspecified atom stereocenters. The third-order valence-electron chi connectivity index (χ3n) is 3.72. The minimum Gasteiger partial charge on any atom is -0.496 e. The van der Waals surface area contributed by atoms with Gasteiger partial charge < -0.3 is 14.8 Å². The molecule has 0 bridgehead atoms. The molecule has 1 aromatic rings. The Labute approximate surface area is 114 Å². The van der Waals surface area contributed by atoms with Crippen molar-refractivity contribution in [3.63, 3.8) is 0 Å². The zero-order valence-electron chi connectivity index (χ0n) is 11.8. The van der Waals surface area contributed by atoms with Crippen molar-refractivity contribution in [1.82, 2.24) is 5.32 Å². The molecule has 1 aromatic carbocycles. The summed E-state index contributed by atoms with van der Waals surface area (Å²) in [6.07, 6.45) is 1.85. The van der Waals surface area contributed by atoms with Crippen molar-refractivity contribution in [2.45, 2.75) is 26.3 Å². The van der Waals surface area contributed by atoms with Crippen LogP contribution in [-0.4, -0.2) is 26.7 Å². The van der Waals surface area contributed by atoms with Crippen LogP contribution in [0.2, 0.25) is 0 Å². The summed E-state index contributed by atoms with van der Waals surface area (Å²) >= 11 is 0. The highest BCUT2D eigenvalue weighted by atomic mass is 16.5. The van der Waals surface area contributed by atoms with Crippen molar-refractivity contribution < 1.29 is 14.3 Å². The van der Waals surface area contributed by atoms with Gasteiger partial charge in [0, 0.05) is 13.1 Å². The van der Waals surface area contributed by atoms with Crippen molar-refractivity contribution in [3.05, 3.63) is 29.3 Å². The topological polar surface area (TPSA) is 47.6 Å². The molecular formula is C15H21NO3. The van der Waals surface area contributed by atoms with Gasteiger partial charge in [-0.1, -0.05) is 12.1 Å². The summed E-state index contributed by atoms with van der Waals surface area (Å²) in [5, 5.41) is 3.34. The monoisotopic (exact) mass is 263 g/mol. The summed E-state index contributed by atoms with van der Waals surface area (Å²) in [6.45, 7) is 3.47. The van der Waals surface area contributed by atoms with Gasteiger partial charge in [-0.3, -0.25) is 4.79 Å². The van der Waals surface area contributed by atoms with Crippen LogP contribution >= 0.6 is 0 Å². The molecule has 0 atom stereocenters. The van der Waals surface area contributed by atoms with E-state index in [1.54, 1.807) is 7.11 Å². The Hall–Kier alpha value is -1.55. The molecule has 0 heterocycles. The summed E-state index contributed by atoms with van der Waals surface area (Å²) in [6, 6.07) is 6.11.